The number of hydrogen-bond donors (Lipinski definition) is 1. The van der Waals surface area contributed by atoms with E-state index in [4.69, 9.17) is 0 Å². The molecule has 0 aliphatic rings. The summed E-state index contributed by atoms with van der Waals surface area (Å²) in [6.07, 6.45) is 2.07. The van der Waals surface area contributed by atoms with Crippen LogP contribution >= 0.6 is 0 Å². The van der Waals surface area contributed by atoms with Gasteiger partial charge in [0.25, 0.3) is 0 Å². The fourth-order valence-corrected chi connectivity index (χ4v) is 4.28. The summed E-state index contributed by atoms with van der Waals surface area (Å²) in [5, 5.41) is 10.9. The fourth-order valence-electron chi connectivity index (χ4n) is 4.28. The third-order valence-electron chi connectivity index (χ3n) is 6.48. The molecule has 156 valence electrons. The van der Waals surface area contributed by atoms with Gasteiger partial charge in [-0.2, -0.15) is 0 Å². The minimum absolute atomic E-state index is 0.191. The molecule has 30 heavy (non-hydrogen) atoms. The van der Waals surface area contributed by atoms with E-state index in [2.05, 4.69) is 29.8 Å². The average Bonchev–Trinajstić information content (AvgIpc) is 3.17. The fraction of sp³-hybridized carbons (Fsp3) is 0.333. The van der Waals surface area contributed by atoms with Crippen molar-refractivity contribution in [3.63, 3.8) is 0 Å². The molecule has 0 saturated carbocycles. The molecule has 0 fully saturated rings. The number of fused-ring (bicyclic) bond motifs is 2. The van der Waals surface area contributed by atoms with Gasteiger partial charge in [0.2, 0.25) is 0 Å². The van der Waals surface area contributed by atoms with Crippen molar-refractivity contribution in [3.8, 4) is 0 Å². The number of rotatable bonds is 5. The van der Waals surface area contributed by atoms with E-state index >= 15 is 0 Å². The number of carbonyl (C=O) groups is 1. The largest absolute Gasteiger partial charge is 0.481 e. The number of nitrogens with zero attached hydrogens (tertiary/aromatic N) is 3. The summed E-state index contributed by atoms with van der Waals surface area (Å²) in [6, 6.07) is 13.3. The smallest absolute Gasteiger partial charge is 0.329 e. The SMILES string of the molecule is Cc1cccc2c1c(Cn1c(=O)n(C(C)C(C)(C)C(=O)O)c3ccccc31)cn2C. The first-order valence-electron chi connectivity index (χ1n) is 10.1. The van der Waals surface area contributed by atoms with Crippen LogP contribution in [0.3, 0.4) is 0 Å². The van der Waals surface area contributed by atoms with Crippen molar-refractivity contribution in [1.29, 1.82) is 0 Å². The Bertz CT molecular complexity index is 1340. The van der Waals surface area contributed by atoms with E-state index in [1.165, 1.54) is 5.56 Å². The average molecular weight is 405 g/mol. The summed E-state index contributed by atoms with van der Waals surface area (Å²) >= 11 is 0. The van der Waals surface area contributed by atoms with E-state index in [0.717, 1.165) is 27.5 Å². The van der Waals surface area contributed by atoms with E-state index in [-0.39, 0.29) is 5.69 Å². The standard InChI is InChI=1S/C24H27N3O3/c1-15-9-8-12-20-21(15)17(13-25(20)5)14-26-18-10-6-7-11-19(18)27(23(26)30)16(2)24(3,4)22(28)29/h6-13,16H,14H2,1-5H3,(H,28,29). The van der Waals surface area contributed by atoms with Crippen molar-refractivity contribution in [2.45, 2.75) is 40.3 Å². The van der Waals surface area contributed by atoms with E-state index in [0.29, 0.717) is 6.54 Å². The van der Waals surface area contributed by atoms with Crippen LogP contribution in [0.2, 0.25) is 0 Å². The number of benzene rings is 2. The number of para-hydroxylation sites is 2. The Hall–Kier alpha value is -3.28. The molecule has 4 rings (SSSR count). The van der Waals surface area contributed by atoms with Crippen LogP contribution in [0.25, 0.3) is 21.9 Å². The number of aliphatic carboxylic acids is 1. The molecule has 0 spiro atoms. The second-order valence-electron chi connectivity index (χ2n) is 8.66. The zero-order valence-electron chi connectivity index (χ0n) is 18.0. The van der Waals surface area contributed by atoms with Crippen molar-refractivity contribution in [2.24, 2.45) is 12.5 Å². The Kier molecular flexibility index (Phi) is 4.60. The first kappa shape index (κ1) is 20.0. The lowest BCUT2D eigenvalue weighted by molar-refractivity contribution is -0.149. The Morgan fingerprint density at radius 3 is 2.37 bits per heavy atom. The van der Waals surface area contributed by atoms with Crippen LogP contribution in [-0.4, -0.2) is 24.8 Å². The van der Waals surface area contributed by atoms with Crippen molar-refractivity contribution < 1.29 is 9.90 Å². The number of hydrogen-bond acceptors (Lipinski definition) is 2. The predicted molar refractivity (Wildman–Crippen MR) is 119 cm³/mol. The zero-order chi connectivity index (χ0) is 21.8. The van der Waals surface area contributed by atoms with Gasteiger partial charge in [0.05, 0.1) is 29.0 Å². The van der Waals surface area contributed by atoms with Gasteiger partial charge in [-0.1, -0.05) is 24.3 Å². The lowest BCUT2D eigenvalue weighted by Crippen LogP contribution is -2.38. The molecule has 2 aromatic carbocycles. The Morgan fingerprint density at radius 2 is 1.70 bits per heavy atom. The van der Waals surface area contributed by atoms with E-state index < -0.39 is 17.4 Å². The van der Waals surface area contributed by atoms with Gasteiger partial charge in [-0.15, -0.1) is 0 Å². The highest BCUT2D eigenvalue weighted by molar-refractivity contribution is 5.87. The minimum atomic E-state index is -1.09. The van der Waals surface area contributed by atoms with Gasteiger partial charge in [-0.3, -0.25) is 13.9 Å². The molecule has 0 saturated heterocycles. The summed E-state index contributed by atoms with van der Waals surface area (Å²) in [5.41, 5.74) is 3.64. The first-order valence-corrected chi connectivity index (χ1v) is 10.1. The Labute approximate surface area is 175 Å². The minimum Gasteiger partial charge on any atom is -0.481 e. The molecule has 6 nitrogen and oxygen atoms in total. The zero-order valence-corrected chi connectivity index (χ0v) is 18.0. The Morgan fingerprint density at radius 1 is 1.07 bits per heavy atom. The summed E-state index contributed by atoms with van der Waals surface area (Å²) in [4.78, 5) is 25.4. The van der Waals surface area contributed by atoms with Gasteiger partial charge in [0, 0.05) is 24.1 Å². The second-order valence-corrected chi connectivity index (χ2v) is 8.66. The molecular weight excluding hydrogens is 378 g/mol. The third kappa shape index (κ3) is 2.86. The van der Waals surface area contributed by atoms with E-state index in [1.54, 1.807) is 29.9 Å². The van der Waals surface area contributed by atoms with Gasteiger partial charge in [-0.05, 0) is 57.0 Å². The van der Waals surface area contributed by atoms with Crippen LogP contribution in [0.4, 0.5) is 0 Å². The summed E-state index contributed by atoms with van der Waals surface area (Å²) < 4.78 is 5.46. The Balaban J connectivity index is 1.94. The number of carboxylic acids is 1. The molecule has 1 atom stereocenters. The number of carboxylic acid groups (broad SMARTS) is 1. The van der Waals surface area contributed by atoms with Crippen LogP contribution in [0.5, 0.6) is 0 Å². The van der Waals surface area contributed by atoms with Crippen molar-refractivity contribution >= 4 is 27.9 Å². The molecule has 1 unspecified atom stereocenters. The predicted octanol–water partition coefficient (Wildman–Crippen LogP) is 4.32. The molecule has 0 amide bonds. The van der Waals surface area contributed by atoms with Crippen LogP contribution in [0.1, 0.15) is 37.9 Å². The molecule has 0 aliphatic carbocycles. The summed E-state index contributed by atoms with van der Waals surface area (Å²) in [7, 11) is 2.01. The van der Waals surface area contributed by atoms with Crippen LogP contribution in [-0.2, 0) is 18.4 Å². The van der Waals surface area contributed by atoms with E-state index in [1.807, 2.05) is 37.4 Å². The highest BCUT2D eigenvalue weighted by Crippen LogP contribution is 2.33. The van der Waals surface area contributed by atoms with Crippen molar-refractivity contribution in [1.82, 2.24) is 13.7 Å². The monoisotopic (exact) mass is 405 g/mol. The van der Waals surface area contributed by atoms with Crippen LogP contribution < -0.4 is 5.69 Å². The molecule has 0 aliphatic heterocycles. The summed E-state index contributed by atoms with van der Waals surface area (Å²) in [6.45, 7) is 7.62. The first-order chi connectivity index (χ1) is 14.1. The third-order valence-corrected chi connectivity index (χ3v) is 6.48. The van der Waals surface area contributed by atoms with Gasteiger partial charge in [0.1, 0.15) is 0 Å². The molecule has 0 bridgehead atoms. The quantitative estimate of drug-likeness (QED) is 0.537. The van der Waals surface area contributed by atoms with Crippen molar-refractivity contribution in [2.75, 3.05) is 0 Å². The highest BCUT2D eigenvalue weighted by Gasteiger charge is 2.37. The normalized spacial score (nSPS) is 13.2. The van der Waals surface area contributed by atoms with Gasteiger partial charge >= 0.3 is 11.7 Å². The van der Waals surface area contributed by atoms with Crippen molar-refractivity contribution in [3.05, 3.63) is 70.3 Å². The van der Waals surface area contributed by atoms with Gasteiger partial charge < -0.3 is 9.67 Å². The second kappa shape index (κ2) is 6.90. The molecule has 2 heterocycles. The maximum atomic E-state index is 13.6. The molecule has 2 aromatic heterocycles. The summed E-state index contributed by atoms with van der Waals surface area (Å²) in [5.74, 6) is -0.927. The molecular formula is C24H27N3O3. The van der Waals surface area contributed by atoms with E-state index in [9.17, 15) is 14.7 Å². The number of aromatic nitrogens is 3. The topological polar surface area (TPSA) is 69.2 Å². The maximum absolute atomic E-state index is 13.6. The highest BCUT2D eigenvalue weighted by atomic mass is 16.4. The van der Waals surface area contributed by atoms with Gasteiger partial charge in [0.15, 0.2) is 0 Å². The maximum Gasteiger partial charge on any atom is 0.329 e. The molecule has 4 aromatic rings. The lowest BCUT2D eigenvalue weighted by Gasteiger charge is -2.28. The number of imidazole rings is 1. The molecule has 1 N–H and O–H groups in total. The van der Waals surface area contributed by atoms with Gasteiger partial charge in [-0.25, -0.2) is 4.79 Å². The molecule has 6 heteroatoms. The van der Waals surface area contributed by atoms with Crippen LogP contribution in [0.15, 0.2) is 53.5 Å². The molecule has 0 radical (unpaired) electrons. The van der Waals surface area contributed by atoms with Crippen LogP contribution in [0, 0.1) is 12.3 Å². The lowest BCUT2D eigenvalue weighted by atomic mass is 9.85. The number of aryl methyl sites for hydroxylation is 2.